The van der Waals surface area contributed by atoms with Gasteiger partial charge in [0.2, 0.25) is 0 Å². The Bertz CT molecular complexity index is 657. The van der Waals surface area contributed by atoms with Crippen molar-refractivity contribution in [1.29, 1.82) is 0 Å². The lowest BCUT2D eigenvalue weighted by atomic mass is 9.90. The zero-order valence-corrected chi connectivity index (χ0v) is 14.4. The van der Waals surface area contributed by atoms with Crippen LogP contribution in [0.5, 0.6) is 5.75 Å². The Kier molecular flexibility index (Phi) is 3.71. The zero-order valence-electron chi connectivity index (χ0n) is 12.8. The normalized spacial score (nSPS) is 32.9. The van der Waals surface area contributed by atoms with Gasteiger partial charge in [-0.1, -0.05) is 6.42 Å². The monoisotopic (exact) mass is 342 g/mol. The second-order valence-corrected chi connectivity index (χ2v) is 9.63. The number of methoxy groups -OCH3 is 1. The molecular formula is C15H22N2O3S2. The standard InChI is InChI=1S/C15H22N2O3S2/c1-20-14-5-7-21-15(14)22(18,19)17-9-11-8-16-6-3-2-4-13(16)12(11)10-17/h5,7,11-13H,2-4,6,8-10H2,1H3/t11-,12-,13-/m0/s1. The number of nitrogens with zero attached hydrogens (tertiary/aromatic N) is 2. The van der Waals surface area contributed by atoms with Gasteiger partial charge in [-0.2, -0.15) is 4.31 Å². The van der Waals surface area contributed by atoms with Gasteiger partial charge >= 0.3 is 0 Å². The molecule has 3 fully saturated rings. The van der Waals surface area contributed by atoms with Crippen LogP contribution in [0.25, 0.3) is 0 Å². The smallest absolute Gasteiger partial charge is 0.256 e. The fourth-order valence-electron chi connectivity index (χ4n) is 4.45. The van der Waals surface area contributed by atoms with Crippen molar-refractivity contribution in [1.82, 2.24) is 9.21 Å². The van der Waals surface area contributed by atoms with E-state index >= 15 is 0 Å². The molecule has 1 aromatic rings. The first kappa shape index (κ1) is 14.9. The maximum Gasteiger partial charge on any atom is 0.256 e. The third kappa shape index (κ3) is 2.21. The van der Waals surface area contributed by atoms with E-state index in [1.807, 2.05) is 0 Å². The SMILES string of the molecule is COc1ccsc1S(=O)(=O)N1C[C@@H]2CN3CCCC[C@H]3[C@H]2C1. The van der Waals surface area contributed by atoms with Gasteiger partial charge in [0.25, 0.3) is 10.0 Å². The van der Waals surface area contributed by atoms with E-state index < -0.39 is 10.0 Å². The van der Waals surface area contributed by atoms with Gasteiger partial charge in [-0.05, 0) is 42.7 Å². The summed E-state index contributed by atoms with van der Waals surface area (Å²) in [5.41, 5.74) is 0. The van der Waals surface area contributed by atoms with Crippen molar-refractivity contribution in [3.63, 3.8) is 0 Å². The molecule has 0 spiro atoms. The summed E-state index contributed by atoms with van der Waals surface area (Å²) in [6.07, 6.45) is 3.82. The van der Waals surface area contributed by atoms with Crippen molar-refractivity contribution < 1.29 is 13.2 Å². The first-order valence-electron chi connectivity index (χ1n) is 7.97. The number of fused-ring (bicyclic) bond motifs is 3. The third-order valence-corrected chi connectivity index (χ3v) is 8.73. The van der Waals surface area contributed by atoms with Crippen molar-refractivity contribution in [2.75, 3.05) is 33.3 Å². The number of rotatable bonds is 3. The van der Waals surface area contributed by atoms with E-state index in [1.165, 1.54) is 44.3 Å². The molecule has 122 valence electrons. The average Bonchev–Trinajstić information content (AvgIpc) is 3.20. The number of sulfonamides is 1. The molecule has 5 nitrogen and oxygen atoms in total. The van der Waals surface area contributed by atoms with E-state index in [0.29, 0.717) is 40.9 Å². The van der Waals surface area contributed by atoms with Crippen LogP contribution in [0.3, 0.4) is 0 Å². The Balaban J connectivity index is 1.56. The predicted octanol–water partition coefficient (Wildman–Crippen LogP) is 1.86. The van der Waals surface area contributed by atoms with E-state index in [2.05, 4.69) is 4.90 Å². The molecule has 3 atom stereocenters. The molecule has 0 aliphatic carbocycles. The second-order valence-electron chi connectivity index (χ2n) is 6.58. The predicted molar refractivity (Wildman–Crippen MR) is 85.8 cm³/mol. The minimum atomic E-state index is -3.41. The summed E-state index contributed by atoms with van der Waals surface area (Å²) in [4.78, 5) is 2.59. The van der Waals surface area contributed by atoms with Crippen LogP contribution in [0.4, 0.5) is 0 Å². The largest absolute Gasteiger partial charge is 0.494 e. The summed E-state index contributed by atoms with van der Waals surface area (Å²) < 4.78 is 33.1. The van der Waals surface area contributed by atoms with Gasteiger partial charge in [0.1, 0.15) is 5.75 Å². The summed E-state index contributed by atoms with van der Waals surface area (Å²) >= 11 is 1.25. The van der Waals surface area contributed by atoms with Gasteiger partial charge in [0, 0.05) is 25.7 Å². The number of hydrogen-bond donors (Lipinski definition) is 0. The molecule has 4 rings (SSSR count). The minimum absolute atomic E-state index is 0.357. The summed E-state index contributed by atoms with van der Waals surface area (Å²) in [6.45, 7) is 3.61. The number of ether oxygens (including phenoxy) is 1. The van der Waals surface area contributed by atoms with Gasteiger partial charge in [0.05, 0.1) is 7.11 Å². The minimum Gasteiger partial charge on any atom is -0.494 e. The highest BCUT2D eigenvalue weighted by Gasteiger charge is 2.50. The molecular weight excluding hydrogens is 320 g/mol. The fraction of sp³-hybridized carbons (Fsp3) is 0.733. The number of thiophene rings is 1. The molecule has 1 aromatic heterocycles. The van der Waals surface area contributed by atoms with Crippen molar-refractivity contribution in [2.24, 2.45) is 11.8 Å². The average molecular weight is 342 g/mol. The maximum absolute atomic E-state index is 12.9. The molecule has 0 aromatic carbocycles. The summed E-state index contributed by atoms with van der Waals surface area (Å²) in [5, 5.41) is 1.78. The van der Waals surface area contributed by atoms with E-state index in [1.54, 1.807) is 15.8 Å². The first-order chi connectivity index (χ1) is 10.6. The molecule has 7 heteroatoms. The lowest BCUT2D eigenvalue weighted by Crippen LogP contribution is -2.40. The van der Waals surface area contributed by atoms with Crippen LogP contribution in [0.15, 0.2) is 15.7 Å². The van der Waals surface area contributed by atoms with Crippen LogP contribution < -0.4 is 4.74 Å². The number of piperidine rings is 1. The molecule has 3 aliphatic heterocycles. The Morgan fingerprint density at radius 2 is 2.14 bits per heavy atom. The van der Waals surface area contributed by atoms with Crippen molar-refractivity contribution in [3.05, 3.63) is 11.4 Å². The van der Waals surface area contributed by atoms with E-state index in [-0.39, 0.29) is 0 Å². The van der Waals surface area contributed by atoms with Crippen molar-refractivity contribution in [2.45, 2.75) is 29.5 Å². The topological polar surface area (TPSA) is 49.9 Å². The first-order valence-corrected chi connectivity index (χ1v) is 10.3. The fourth-order valence-corrected chi connectivity index (χ4v) is 7.40. The van der Waals surface area contributed by atoms with Crippen molar-refractivity contribution >= 4 is 21.4 Å². The molecule has 0 N–H and O–H groups in total. The van der Waals surface area contributed by atoms with Crippen LogP contribution in [-0.4, -0.2) is 57.0 Å². The Labute approximate surface area is 135 Å². The van der Waals surface area contributed by atoms with Gasteiger partial charge in [-0.25, -0.2) is 8.42 Å². The second kappa shape index (κ2) is 5.47. The molecule has 22 heavy (non-hydrogen) atoms. The molecule has 0 saturated carbocycles. The molecule has 3 aliphatic rings. The van der Waals surface area contributed by atoms with Crippen LogP contribution in [0.1, 0.15) is 19.3 Å². The Morgan fingerprint density at radius 3 is 2.95 bits per heavy atom. The van der Waals surface area contributed by atoms with Crippen molar-refractivity contribution in [3.8, 4) is 5.75 Å². The highest BCUT2D eigenvalue weighted by atomic mass is 32.2. The van der Waals surface area contributed by atoms with Crippen LogP contribution in [-0.2, 0) is 10.0 Å². The van der Waals surface area contributed by atoms with E-state index in [4.69, 9.17) is 4.74 Å². The highest BCUT2D eigenvalue weighted by molar-refractivity contribution is 7.91. The number of hydrogen-bond acceptors (Lipinski definition) is 5. The summed E-state index contributed by atoms with van der Waals surface area (Å²) in [5.74, 6) is 1.49. The van der Waals surface area contributed by atoms with Crippen LogP contribution in [0, 0.1) is 11.8 Å². The quantitative estimate of drug-likeness (QED) is 0.841. The lowest BCUT2D eigenvalue weighted by molar-refractivity contribution is 0.165. The van der Waals surface area contributed by atoms with E-state index in [9.17, 15) is 8.42 Å². The molecule has 4 heterocycles. The van der Waals surface area contributed by atoms with Crippen LogP contribution in [0.2, 0.25) is 0 Å². The highest BCUT2D eigenvalue weighted by Crippen LogP contribution is 2.43. The van der Waals surface area contributed by atoms with Gasteiger partial charge < -0.3 is 4.74 Å². The Morgan fingerprint density at radius 1 is 1.27 bits per heavy atom. The summed E-state index contributed by atoms with van der Waals surface area (Å²) in [7, 11) is -1.88. The summed E-state index contributed by atoms with van der Waals surface area (Å²) in [6, 6.07) is 2.33. The molecule has 0 radical (unpaired) electrons. The molecule has 0 bridgehead atoms. The maximum atomic E-state index is 12.9. The third-order valence-electron chi connectivity index (χ3n) is 5.48. The molecule has 0 amide bonds. The van der Waals surface area contributed by atoms with E-state index in [0.717, 1.165) is 6.54 Å². The molecule has 0 unspecified atom stereocenters. The van der Waals surface area contributed by atoms with Gasteiger partial charge in [-0.3, -0.25) is 4.90 Å². The zero-order chi connectivity index (χ0) is 15.3. The van der Waals surface area contributed by atoms with Crippen LogP contribution >= 0.6 is 11.3 Å². The lowest BCUT2D eigenvalue weighted by Gasteiger charge is -2.33. The van der Waals surface area contributed by atoms with Gasteiger partial charge in [0.15, 0.2) is 4.21 Å². The van der Waals surface area contributed by atoms with Gasteiger partial charge in [-0.15, -0.1) is 11.3 Å². The Hall–Kier alpha value is -0.630. The molecule has 3 saturated heterocycles.